The number of amides is 2. The number of piperazine rings is 1. The maximum atomic E-state index is 13.0. The van der Waals surface area contributed by atoms with Crippen LogP contribution < -0.4 is 5.32 Å². The number of hydrogen-bond donors (Lipinski definition) is 1. The summed E-state index contributed by atoms with van der Waals surface area (Å²) >= 11 is 0. The molecule has 8 heteroatoms. The minimum atomic E-state index is -0.503. The van der Waals surface area contributed by atoms with Crippen LogP contribution in [0, 0.1) is 5.92 Å². The Morgan fingerprint density at radius 1 is 1.12 bits per heavy atom. The van der Waals surface area contributed by atoms with Crippen LogP contribution in [0.25, 0.3) is 0 Å². The second-order valence-corrected chi connectivity index (χ2v) is 7.95. The highest BCUT2D eigenvalue weighted by Crippen LogP contribution is 2.21. The van der Waals surface area contributed by atoms with Gasteiger partial charge in [0.05, 0.1) is 12.0 Å². The lowest BCUT2D eigenvalue weighted by molar-refractivity contribution is -0.138. The van der Waals surface area contributed by atoms with E-state index >= 15 is 0 Å². The predicted molar refractivity (Wildman–Crippen MR) is 98.9 cm³/mol. The predicted octanol–water partition coefficient (Wildman–Crippen LogP) is 0.511. The van der Waals surface area contributed by atoms with Crippen molar-refractivity contribution in [2.45, 2.75) is 32.4 Å². The van der Waals surface area contributed by atoms with E-state index in [0.29, 0.717) is 39.4 Å². The molecule has 2 fully saturated rings. The minimum Gasteiger partial charge on any atom is -0.444 e. The van der Waals surface area contributed by atoms with Gasteiger partial charge in [-0.2, -0.15) is 0 Å². The van der Waals surface area contributed by atoms with Crippen LogP contribution >= 0.6 is 0 Å². The van der Waals surface area contributed by atoms with E-state index in [1.807, 2.05) is 37.9 Å². The molecule has 0 aromatic heterocycles. The highest BCUT2D eigenvalue weighted by Gasteiger charge is 2.39. The highest BCUT2D eigenvalue weighted by molar-refractivity contribution is 5.81. The molecule has 0 spiro atoms. The molecular formula is C18H29N5O3. The van der Waals surface area contributed by atoms with Crippen LogP contribution in [0.1, 0.15) is 20.8 Å². The van der Waals surface area contributed by atoms with Crippen LogP contribution in [0.5, 0.6) is 0 Å². The zero-order valence-electron chi connectivity index (χ0n) is 15.9. The third-order valence-electron chi connectivity index (χ3n) is 4.88. The summed E-state index contributed by atoms with van der Waals surface area (Å²) in [6, 6.07) is 0.125. The van der Waals surface area contributed by atoms with Crippen LogP contribution in [0.15, 0.2) is 17.3 Å². The van der Waals surface area contributed by atoms with E-state index < -0.39 is 5.60 Å². The van der Waals surface area contributed by atoms with E-state index in [2.05, 4.69) is 15.2 Å². The molecule has 0 aromatic carbocycles. The van der Waals surface area contributed by atoms with E-state index in [1.165, 1.54) is 0 Å². The smallest absolute Gasteiger partial charge is 0.410 e. The molecule has 3 rings (SSSR count). The maximum absolute atomic E-state index is 13.0. The quantitative estimate of drug-likeness (QED) is 0.774. The molecule has 2 unspecified atom stereocenters. The zero-order valence-corrected chi connectivity index (χ0v) is 15.9. The van der Waals surface area contributed by atoms with Crippen LogP contribution in [-0.4, -0.2) is 90.5 Å². The monoisotopic (exact) mass is 363 g/mol. The molecule has 2 amide bonds. The van der Waals surface area contributed by atoms with E-state index in [0.717, 1.165) is 6.54 Å². The number of rotatable bonds is 2. The molecule has 3 aliphatic rings. The van der Waals surface area contributed by atoms with Crippen LogP contribution in [0.2, 0.25) is 0 Å². The summed E-state index contributed by atoms with van der Waals surface area (Å²) < 4.78 is 5.41. The Bertz CT molecular complexity index is 590. The second-order valence-electron chi connectivity index (χ2n) is 7.95. The van der Waals surface area contributed by atoms with E-state index in [4.69, 9.17) is 4.74 Å². The number of ether oxygens (including phenoxy) is 1. The van der Waals surface area contributed by atoms with Crippen LogP contribution in [-0.2, 0) is 9.53 Å². The maximum Gasteiger partial charge on any atom is 0.410 e. The number of hydrogen-bond acceptors (Lipinski definition) is 6. The number of carbonyl (C=O) groups is 2. The van der Waals surface area contributed by atoms with Gasteiger partial charge in [-0.15, -0.1) is 0 Å². The Kier molecular flexibility index (Phi) is 5.50. The van der Waals surface area contributed by atoms with Crippen molar-refractivity contribution in [3.8, 4) is 0 Å². The third kappa shape index (κ3) is 4.35. The average molecular weight is 363 g/mol. The van der Waals surface area contributed by atoms with Gasteiger partial charge in [-0.3, -0.25) is 9.79 Å². The van der Waals surface area contributed by atoms with Gasteiger partial charge in [-0.05, 0) is 26.8 Å². The number of nitrogens with zero attached hydrogens (tertiary/aromatic N) is 4. The largest absolute Gasteiger partial charge is 0.444 e. The average Bonchev–Trinajstić information content (AvgIpc) is 3.10. The van der Waals surface area contributed by atoms with Gasteiger partial charge in [0.25, 0.3) is 0 Å². The Hall–Kier alpha value is -2.09. The number of carbonyl (C=O) groups excluding carboxylic acids is 2. The number of nitrogens with one attached hydrogen (secondary N) is 1. The molecule has 0 aromatic rings. The van der Waals surface area contributed by atoms with Crippen molar-refractivity contribution in [1.82, 2.24) is 20.0 Å². The molecule has 2 atom stereocenters. The van der Waals surface area contributed by atoms with Gasteiger partial charge in [0, 0.05) is 51.7 Å². The van der Waals surface area contributed by atoms with Crippen molar-refractivity contribution in [2.75, 3.05) is 45.9 Å². The van der Waals surface area contributed by atoms with Gasteiger partial charge in [-0.25, -0.2) is 4.79 Å². The molecule has 26 heavy (non-hydrogen) atoms. The molecule has 0 radical (unpaired) electrons. The molecule has 8 nitrogen and oxygen atoms in total. The Morgan fingerprint density at radius 2 is 1.81 bits per heavy atom. The van der Waals surface area contributed by atoms with Crippen molar-refractivity contribution >= 4 is 18.2 Å². The molecule has 0 saturated carbocycles. The van der Waals surface area contributed by atoms with Gasteiger partial charge in [-0.1, -0.05) is 0 Å². The van der Waals surface area contributed by atoms with E-state index in [9.17, 15) is 9.59 Å². The first kappa shape index (κ1) is 18.7. The number of aliphatic imine (C=N–C) groups is 1. The van der Waals surface area contributed by atoms with Crippen LogP contribution in [0.3, 0.4) is 0 Å². The summed E-state index contributed by atoms with van der Waals surface area (Å²) in [6.45, 7) is 9.77. The van der Waals surface area contributed by atoms with Crippen molar-refractivity contribution in [1.29, 1.82) is 0 Å². The molecule has 3 heterocycles. The lowest BCUT2D eigenvalue weighted by Crippen LogP contribution is -2.54. The third-order valence-corrected chi connectivity index (χ3v) is 4.88. The van der Waals surface area contributed by atoms with Crippen molar-refractivity contribution < 1.29 is 14.3 Å². The van der Waals surface area contributed by atoms with Gasteiger partial charge < -0.3 is 24.8 Å². The first-order valence-corrected chi connectivity index (χ1v) is 9.25. The van der Waals surface area contributed by atoms with Gasteiger partial charge >= 0.3 is 6.09 Å². The van der Waals surface area contributed by atoms with Gasteiger partial charge in [0.15, 0.2) is 0 Å². The van der Waals surface area contributed by atoms with Gasteiger partial charge in [0.2, 0.25) is 5.91 Å². The highest BCUT2D eigenvalue weighted by atomic mass is 16.6. The minimum absolute atomic E-state index is 0.0824. The summed E-state index contributed by atoms with van der Waals surface area (Å²) in [5, 5.41) is 3.33. The fourth-order valence-corrected chi connectivity index (χ4v) is 3.55. The van der Waals surface area contributed by atoms with E-state index in [-0.39, 0.29) is 24.0 Å². The number of allylic oxidation sites excluding steroid dienone is 1. The van der Waals surface area contributed by atoms with Crippen molar-refractivity contribution in [3.63, 3.8) is 0 Å². The normalized spacial score (nSPS) is 26.3. The van der Waals surface area contributed by atoms with Crippen molar-refractivity contribution in [3.05, 3.63) is 12.3 Å². The molecule has 144 valence electrons. The molecule has 0 aliphatic carbocycles. The summed E-state index contributed by atoms with van der Waals surface area (Å²) in [5.74, 6) is 0.0767. The molecule has 1 N–H and O–H groups in total. The molecule has 3 aliphatic heterocycles. The first-order valence-electron chi connectivity index (χ1n) is 9.25. The Balaban J connectivity index is 1.54. The summed E-state index contributed by atoms with van der Waals surface area (Å²) in [4.78, 5) is 35.1. The second kappa shape index (κ2) is 7.65. The van der Waals surface area contributed by atoms with Crippen LogP contribution in [0.4, 0.5) is 4.79 Å². The fraction of sp³-hybridized carbons (Fsp3) is 0.722. The Labute approximate surface area is 154 Å². The standard InChI is InChI=1S/C18H29N5O3/c1-18(2,3)26-17(25)22-9-7-21(8-10-22)16(24)14-11-20-12-15(14)23-6-4-5-19-13-23/h4-6,14-15,20H,7-13H2,1-3H3. The Morgan fingerprint density at radius 3 is 2.42 bits per heavy atom. The summed E-state index contributed by atoms with van der Waals surface area (Å²) in [7, 11) is 0. The topological polar surface area (TPSA) is 77.5 Å². The SMILES string of the molecule is CC(C)(C)OC(=O)N1CCN(C(=O)C2CNCC2N2C=CC=NC2)CC1. The fourth-order valence-electron chi connectivity index (χ4n) is 3.55. The molecular weight excluding hydrogens is 334 g/mol. The molecule has 2 saturated heterocycles. The summed E-state index contributed by atoms with van der Waals surface area (Å²) in [5.41, 5.74) is -0.503. The van der Waals surface area contributed by atoms with Crippen molar-refractivity contribution in [2.24, 2.45) is 10.9 Å². The first-order chi connectivity index (χ1) is 12.3. The lowest BCUT2D eigenvalue weighted by atomic mass is 10.00. The van der Waals surface area contributed by atoms with E-state index in [1.54, 1.807) is 11.1 Å². The van der Waals surface area contributed by atoms with Gasteiger partial charge in [0.1, 0.15) is 12.3 Å². The lowest BCUT2D eigenvalue weighted by Gasteiger charge is -2.38. The zero-order chi connectivity index (χ0) is 18.7. The summed E-state index contributed by atoms with van der Waals surface area (Å²) in [6.07, 6.45) is 5.39. The molecule has 0 bridgehead atoms.